The zero-order chi connectivity index (χ0) is 12.7. The van der Waals surface area contributed by atoms with Crippen LogP contribution in [0.5, 0.6) is 0 Å². The van der Waals surface area contributed by atoms with E-state index in [9.17, 15) is 0 Å². The van der Waals surface area contributed by atoms with Gasteiger partial charge in [-0.15, -0.1) is 0 Å². The number of nitrogens with one attached hydrogen (secondary N) is 1. The van der Waals surface area contributed by atoms with Gasteiger partial charge in [-0.1, -0.05) is 26.3 Å². The van der Waals surface area contributed by atoms with Crippen molar-refractivity contribution in [2.45, 2.75) is 34.1 Å². The molecule has 17 heavy (non-hydrogen) atoms. The highest BCUT2D eigenvalue weighted by Crippen LogP contribution is 2.12. The number of hydrogen-bond donors (Lipinski definition) is 1. The average Bonchev–Trinajstić information content (AvgIpc) is 2.28. The molecule has 1 aromatic rings. The van der Waals surface area contributed by atoms with Crippen LogP contribution in [0.3, 0.4) is 0 Å². The molecule has 0 atom stereocenters. The molecule has 0 spiro atoms. The lowest BCUT2D eigenvalue weighted by Gasteiger charge is -2.12. The largest absolute Gasteiger partial charge is 0.313 e. The number of rotatable bonds is 6. The molecule has 0 saturated heterocycles. The Kier molecular flexibility index (Phi) is 5.84. The summed E-state index contributed by atoms with van der Waals surface area (Å²) < 4.78 is 0. The van der Waals surface area contributed by atoms with Gasteiger partial charge in [0.2, 0.25) is 0 Å². The second kappa shape index (κ2) is 7.17. The maximum Gasteiger partial charge on any atom is 0.125 e. The molecule has 0 bridgehead atoms. The Bertz CT molecular complexity index is 369. The molecule has 0 radical (unpaired) electrons. The first-order chi connectivity index (χ1) is 8.13. The van der Waals surface area contributed by atoms with E-state index in [1.165, 1.54) is 5.57 Å². The monoisotopic (exact) mass is 233 g/mol. The van der Waals surface area contributed by atoms with E-state index in [1.54, 1.807) is 0 Å². The Morgan fingerprint density at radius 2 is 2.24 bits per heavy atom. The third kappa shape index (κ3) is 5.09. The summed E-state index contributed by atoms with van der Waals surface area (Å²) in [4.78, 5) is 8.52. The molecule has 3 heteroatoms. The van der Waals surface area contributed by atoms with Gasteiger partial charge in [0.05, 0.1) is 5.69 Å². The first kappa shape index (κ1) is 13.8. The number of nitrogens with zero attached hydrogens (tertiary/aromatic N) is 2. The molecular weight excluding hydrogens is 210 g/mol. The quantitative estimate of drug-likeness (QED) is 0.768. The summed E-state index contributed by atoms with van der Waals surface area (Å²) in [5.41, 5.74) is 2.39. The fourth-order valence-corrected chi connectivity index (χ4v) is 1.58. The van der Waals surface area contributed by atoms with Crippen LogP contribution < -0.4 is 5.32 Å². The van der Waals surface area contributed by atoms with Crippen molar-refractivity contribution in [2.75, 3.05) is 13.1 Å². The highest BCUT2D eigenvalue weighted by Gasteiger charge is 2.03. The van der Waals surface area contributed by atoms with Gasteiger partial charge < -0.3 is 5.32 Å². The Morgan fingerprint density at radius 1 is 1.47 bits per heavy atom. The number of hydrogen-bond acceptors (Lipinski definition) is 3. The molecule has 3 nitrogen and oxygen atoms in total. The third-order valence-electron chi connectivity index (χ3n) is 2.63. The molecule has 0 aliphatic rings. The molecule has 1 N–H and O–H groups in total. The van der Waals surface area contributed by atoms with Gasteiger partial charge in [-0.3, -0.25) is 0 Å². The summed E-state index contributed by atoms with van der Waals surface area (Å²) in [6, 6.07) is 1.95. The summed E-state index contributed by atoms with van der Waals surface area (Å²) >= 11 is 0. The van der Waals surface area contributed by atoms with E-state index < -0.39 is 0 Å². The fourth-order valence-electron chi connectivity index (χ4n) is 1.58. The SMILES string of the molecule is CCCNC/C(=C/c1ccnc(C)n1)C(C)C. The molecule has 0 aliphatic carbocycles. The standard InChI is InChI=1S/C14H23N3/c1-5-7-15-10-13(11(2)3)9-14-6-8-16-12(4)17-14/h6,8-9,11,15H,5,7,10H2,1-4H3/b13-9-. The van der Waals surface area contributed by atoms with Gasteiger partial charge in [0.15, 0.2) is 0 Å². The van der Waals surface area contributed by atoms with Crippen LogP contribution in [0.25, 0.3) is 6.08 Å². The van der Waals surface area contributed by atoms with Gasteiger partial charge in [-0.05, 0) is 37.9 Å². The van der Waals surface area contributed by atoms with Crippen LogP contribution in [-0.4, -0.2) is 23.1 Å². The predicted molar refractivity (Wildman–Crippen MR) is 72.7 cm³/mol. The highest BCUT2D eigenvalue weighted by atomic mass is 14.9. The molecule has 1 heterocycles. The molecule has 0 saturated carbocycles. The fraction of sp³-hybridized carbons (Fsp3) is 0.571. The first-order valence-corrected chi connectivity index (χ1v) is 6.34. The van der Waals surface area contributed by atoms with Gasteiger partial charge in [-0.25, -0.2) is 9.97 Å². The smallest absolute Gasteiger partial charge is 0.125 e. The van der Waals surface area contributed by atoms with Crippen molar-refractivity contribution in [3.8, 4) is 0 Å². The molecule has 0 aromatic carbocycles. The lowest BCUT2D eigenvalue weighted by molar-refractivity contribution is 0.656. The lowest BCUT2D eigenvalue weighted by Crippen LogP contribution is -2.20. The van der Waals surface area contributed by atoms with Crippen molar-refractivity contribution in [3.63, 3.8) is 0 Å². The summed E-state index contributed by atoms with van der Waals surface area (Å²) in [5, 5.41) is 3.44. The minimum absolute atomic E-state index is 0.537. The van der Waals surface area contributed by atoms with Crippen LogP contribution in [-0.2, 0) is 0 Å². The Balaban J connectivity index is 2.75. The average molecular weight is 233 g/mol. The van der Waals surface area contributed by atoms with Gasteiger partial charge in [-0.2, -0.15) is 0 Å². The predicted octanol–water partition coefficient (Wildman–Crippen LogP) is 2.82. The second-order valence-electron chi connectivity index (χ2n) is 4.58. The molecule has 0 fully saturated rings. The molecule has 0 aliphatic heterocycles. The maximum atomic E-state index is 4.41. The van der Waals surface area contributed by atoms with Crippen LogP contribution in [0.1, 0.15) is 38.7 Å². The molecule has 0 unspecified atom stereocenters. The highest BCUT2D eigenvalue weighted by molar-refractivity contribution is 5.49. The zero-order valence-electron chi connectivity index (χ0n) is 11.3. The molecule has 0 amide bonds. The van der Waals surface area contributed by atoms with E-state index in [2.05, 4.69) is 42.1 Å². The number of aryl methyl sites for hydroxylation is 1. The summed E-state index contributed by atoms with van der Waals surface area (Å²) in [6.07, 6.45) is 5.14. The van der Waals surface area contributed by atoms with E-state index in [0.29, 0.717) is 5.92 Å². The maximum absolute atomic E-state index is 4.41. The van der Waals surface area contributed by atoms with Gasteiger partial charge in [0.1, 0.15) is 5.82 Å². The topological polar surface area (TPSA) is 37.8 Å². The van der Waals surface area contributed by atoms with Gasteiger partial charge in [0.25, 0.3) is 0 Å². The summed E-state index contributed by atoms with van der Waals surface area (Å²) in [6.45, 7) is 10.5. The van der Waals surface area contributed by atoms with Crippen molar-refractivity contribution in [1.29, 1.82) is 0 Å². The van der Waals surface area contributed by atoms with Crippen molar-refractivity contribution in [2.24, 2.45) is 5.92 Å². The Labute approximate surface area is 104 Å². The van der Waals surface area contributed by atoms with Crippen LogP contribution in [0, 0.1) is 12.8 Å². The first-order valence-electron chi connectivity index (χ1n) is 6.34. The van der Waals surface area contributed by atoms with Crippen molar-refractivity contribution in [3.05, 3.63) is 29.4 Å². The number of aromatic nitrogens is 2. The van der Waals surface area contributed by atoms with Crippen LogP contribution in [0.2, 0.25) is 0 Å². The Morgan fingerprint density at radius 3 is 2.82 bits per heavy atom. The van der Waals surface area contributed by atoms with Crippen molar-refractivity contribution < 1.29 is 0 Å². The molecule has 1 aromatic heterocycles. The molecule has 94 valence electrons. The lowest BCUT2D eigenvalue weighted by atomic mass is 10.0. The van der Waals surface area contributed by atoms with E-state index in [0.717, 1.165) is 31.0 Å². The minimum atomic E-state index is 0.537. The third-order valence-corrected chi connectivity index (χ3v) is 2.63. The summed E-state index contributed by atoms with van der Waals surface area (Å²) in [7, 11) is 0. The van der Waals surface area contributed by atoms with Crippen LogP contribution in [0.15, 0.2) is 17.8 Å². The van der Waals surface area contributed by atoms with Crippen molar-refractivity contribution >= 4 is 6.08 Å². The van der Waals surface area contributed by atoms with Gasteiger partial charge >= 0.3 is 0 Å². The van der Waals surface area contributed by atoms with E-state index >= 15 is 0 Å². The van der Waals surface area contributed by atoms with Crippen LogP contribution in [0.4, 0.5) is 0 Å². The zero-order valence-corrected chi connectivity index (χ0v) is 11.3. The molecular formula is C14H23N3. The van der Waals surface area contributed by atoms with Crippen molar-refractivity contribution in [1.82, 2.24) is 15.3 Å². The minimum Gasteiger partial charge on any atom is -0.313 e. The van der Waals surface area contributed by atoms with Crippen LogP contribution >= 0.6 is 0 Å². The van der Waals surface area contributed by atoms with E-state index in [1.807, 2.05) is 19.2 Å². The van der Waals surface area contributed by atoms with E-state index in [-0.39, 0.29) is 0 Å². The van der Waals surface area contributed by atoms with E-state index in [4.69, 9.17) is 0 Å². The molecule has 1 rings (SSSR count). The normalized spacial score (nSPS) is 12.2. The van der Waals surface area contributed by atoms with Gasteiger partial charge in [0, 0.05) is 12.7 Å². The summed E-state index contributed by atoms with van der Waals surface area (Å²) in [5.74, 6) is 1.36. The Hall–Kier alpha value is -1.22. The second-order valence-corrected chi connectivity index (χ2v) is 4.58.